The molecule has 2 aromatic rings. The third-order valence-electron chi connectivity index (χ3n) is 4.42. The molecule has 1 fully saturated rings. The van der Waals surface area contributed by atoms with Crippen LogP contribution in [0.3, 0.4) is 0 Å². The van der Waals surface area contributed by atoms with Gasteiger partial charge < -0.3 is 10.6 Å². The van der Waals surface area contributed by atoms with Crippen molar-refractivity contribution < 1.29 is 8.42 Å². The van der Waals surface area contributed by atoms with Crippen LogP contribution in [0.5, 0.6) is 0 Å². The Morgan fingerprint density at radius 3 is 2.38 bits per heavy atom. The monoisotopic (exact) mass is 375 g/mol. The maximum Gasteiger partial charge on any atom is 0.208 e. The summed E-state index contributed by atoms with van der Waals surface area (Å²) in [5, 5.41) is 6.72. The largest absolute Gasteiger partial charge is 0.367 e. The van der Waals surface area contributed by atoms with Crippen LogP contribution in [0.4, 0.5) is 17.3 Å². The normalized spacial score (nSPS) is 20.5. The van der Waals surface area contributed by atoms with Gasteiger partial charge in [-0.05, 0) is 50.3 Å². The van der Waals surface area contributed by atoms with Gasteiger partial charge in [0.2, 0.25) is 10.0 Å². The molecule has 1 heterocycles. The van der Waals surface area contributed by atoms with Crippen molar-refractivity contribution in [1.82, 2.24) is 14.7 Å². The maximum absolute atomic E-state index is 11.3. The Labute approximate surface area is 154 Å². The van der Waals surface area contributed by atoms with E-state index in [1.807, 2.05) is 31.2 Å². The van der Waals surface area contributed by atoms with Crippen LogP contribution in [0, 0.1) is 6.92 Å². The van der Waals surface area contributed by atoms with Gasteiger partial charge in [0, 0.05) is 23.8 Å². The minimum absolute atomic E-state index is 0.0343. The van der Waals surface area contributed by atoms with Crippen LogP contribution < -0.4 is 15.4 Å². The average Bonchev–Trinajstić information content (AvgIpc) is 2.56. The number of aromatic nitrogens is 2. The molecule has 1 aromatic carbocycles. The summed E-state index contributed by atoms with van der Waals surface area (Å²) in [4.78, 5) is 8.57. The zero-order valence-electron chi connectivity index (χ0n) is 15.1. The Morgan fingerprint density at radius 1 is 1.00 bits per heavy atom. The lowest BCUT2D eigenvalue weighted by molar-refractivity contribution is 0.387. The predicted octanol–water partition coefficient (Wildman–Crippen LogP) is 2.80. The van der Waals surface area contributed by atoms with Gasteiger partial charge in [-0.25, -0.2) is 23.1 Å². The van der Waals surface area contributed by atoms with Gasteiger partial charge in [0.1, 0.15) is 18.0 Å². The zero-order valence-corrected chi connectivity index (χ0v) is 15.9. The molecule has 7 nitrogen and oxygen atoms in total. The summed E-state index contributed by atoms with van der Waals surface area (Å²) >= 11 is 0. The summed E-state index contributed by atoms with van der Waals surface area (Å²) in [6, 6.07) is 10.3. The minimum atomic E-state index is -3.14. The van der Waals surface area contributed by atoms with E-state index in [4.69, 9.17) is 0 Å². The van der Waals surface area contributed by atoms with Gasteiger partial charge in [0.25, 0.3) is 0 Å². The molecule has 26 heavy (non-hydrogen) atoms. The van der Waals surface area contributed by atoms with Crippen LogP contribution >= 0.6 is 0 Å². The molecule has 3 rings (SSSR count). The molecule has 1 saturated carbocycles. The number of nitrogens with zero attached hydrogens (tertiary/aromatic N) is 2. The first kappa shape index (κ1) is 18.6. The average molecular weight is 375 g/mol. The van der Waals surface area contributed by atoms with E-state index < -0.39 is 10.0 Å². The molecule has 0 bridgehead atoms. The van der Waals surface area contributed by atoms with E-state index in [1.165, 1.54) is 18.1 Å². The molecule has 140 valence electrons. The third-order valence-corrected chi connectivity index (χ3v) is 5.18. The van der Waals surface area contributed by atoms with Crippen molar-refractivity contribution in [3.8, 4) is 0 Å². The number of nitrogens with one attached hydrogen (secondary N) is 3. The first-order valence-corrected chi connectivity index (χ1v) is 10.7. The number of aryl methyl sites for hydroxylation is 1. The topological polar surface area (TPSA) is 96.0 Å². The summed E-state index contributed by atoms with van der Waals surface area (Å²) in [5.41, 5.74) is 2.17. The van der Waals surface area contributed by atoms with Crippen molar-refractivity contribution in [2.75, 3.05) is 16.9 Å². The van der Waals surface area contributed by atoms with E-state index in [2.05, 4.69) is 31.4 Å². The quantitative estimate of drug-likeness (QED) is 0.718. The number of anilines is 3. The molecule has 0 unspecified atom stereocenters. The lowest BCUT2D eigenvalue weighted by atomic mass is 9.92. The van der Waals surface area contributed by atoms with E-state index in [9.17, 15) is 8.42 Å². The number of benzene rings is 1. The SMILES string of the molecule is Cc1cccc(Nc2cc(NC3CCC(NS(C)(=O)=O)CC3)ncn2)c1. The van der Waals surface area contributed by atoms with Crippen molar-refractivity contribution in [3.05, 3.63) is 42.2 Å². The summed E-state index contributed by atoms with van der Waals surface area (Å²) < 4.78 is 25.4. The van der Waals surface area contributed by atoms with Gasteiger partial charge in [-0.2, -0.15) is 0 Å². The second kappa shape index (κ2) is 8.01. The van der Waals surface area contributed by atoms with Gasteiger partial charge in [-0.15, -0.1) is 0 Å². The number of rotatable bonds is 6. The van der Waals surface area contributed by atoms with Crippen molar-refractivity contribution in [3.63, 3.8) is 0 Å². The molecule has 1 aliphatic carbocycles. The van der Waals surface area contributed by atoms with Crippen molar-refractivity contribution in [2.45, 2.75) is 44.7 Å². The standard InChI is InChI=1S/C18H25N5O2S/c1-13-4-3-5-16(10-13)22-18-11-17(19-12-20-18)21-14-6-8-15(9-7-14)23-26(2,24)25/h3-5,10-12,14-15,23H,6-9H2,1-2H3,(H2,19,20,21,22). The summed E-state index contributed by atoms with van der Waals surface area (Å²) in [6.07, 6.45) is 6.20. The minimum Gasteiger partial charge on any atom is -0.367 e. The molecule has 0 spiro atoms. The second-order valence-corrected chi connectivity index (χ2v) is 8.65. The lowest BCUT2D eigenvalue weighted by Crippen LogP contribution is -2.39. The molecule has 0 amide bonds. The molecular weight excluding hydrogens is 350 g/mol. The van der Waals surface area contributed by atoms with Crippen LogP contribution in [-0.2, 0) is 10.0 Å². The molecule has 1 aliphatic rings. The summed E-state index contributed by atoms with van der Waals surface area (Å²) in [7, 11) is -3.14. The summed E-state index contributed by atoms with van der Waals surface area (Å²) in [5.74, 6) is 1.51. The van der Waals surface area contributed by atoms with E-state index in [1.54, 1.807) is 0 Å². The fourth-order valence-corrected chi connectivity index (χ4v) is 4.08. The highest BCUT2D eigenvalue weighted by atomic mass is 32.2. The molecule has 8 heteroatoms. The fourth-order valence-electron chi connectivity index (χ4n) is 3.24. The van der Waals surface area contributed by atoms with E-state index in [0.29, 0.717) is 0 Å². The molecule has 0 saturated heterocycles. The maximum atomic E-state index is 11.3. The predicted molar refractivity (Wildman–Crippen MR) is 104 cm³/mol. The van der Waals surface area contributed by atoms with Crippen LogP contribution in [0.25, 0.3) is 0 Å². The highest BCUT2D eigenvalue weighted by molar-refractivity contribution is 7.88. The van der Waals surface area contributed by atoms with Crippen LogP contribution in [0.2, 0.25) is 0 Å². The fraction of sp³-hybridized carbons (Fsp3) is 0.444. The van der Waals surface area contributed by atoms with Gasteiger partial charge in [0.15, 0.2) is 0 Å². The second-order valence-electron chi connectivity index (χ2n) is 6.87. The first-order valence-electron chi connectivity index (χ1n) is 8.77. The lowest BCUT2D eigenvalue weighted by Gasteiger charge is -2.29. The molecule has 3 N–H and O–H groups in total. The van der Waals surface area contributed by atoms with Crippen LogP contribution in [-0.4, -0.2) is 36.7 Å². The van der Waals surface area contributed by atoms with E-state index in [-0.39, 0.29) is 12.1 Å². The van der Waals surface area contributed by atoms with Gasteiger partial charge >= 0.3 is 0 Å². The highest BCUT2D eigenvalue weighted by Gasteiger charge is 2.23. The van der Waals surface area contributed by atoms with Crippen LogP contribution in [0.15, 0.2) is 36.7 Å². The Hall–Kier alpha value is -2.19. The molecular formula is C18H25N5O2S. The zero-order chi connectivity index (χ0) is 18.6. The number of hydrogen-bond acceptors (Lipinski definition) is 6. The molecule has 1 aromatic heterocycles. The molecule has 0 aliphatic heterocycles. The van der Waals surface area contributed by atoms with Crippen molar-refractivity contribution >= 4 is 27.3 Å². The van der Waals surface area contributed by atoms with Gasteiger partial charge in [0.05, 0.1) is 6.26 Å². The number of hydrogen-bond donors (Lipinski definition) is 3. The third kappa shape index (κ3) is 5.67. The smallest absolute Gasteiger partial charge is 0.208 e. The van der Waals surface area contributed by atoms with Gasteiger partial charge in [-0.1, -0.05) is 12.1 Å². The van der Waals surface area contributed by atoms with Gasteiger partial charge in [-0.3, -0.25) is 0 Å². The van der Waals surface area contributed by atoms with Crippen LogP contribution in [0.1, 0.15) is 31.2 Å². The Morgan fingerprint density at radius 2 is 1.69 bits per heavy atom. The molecule has 0 atom stereocenters. The highest BCUT2D eigenvalue weighted by Crippen LogP contribution is 2.23. The Kier molecular flexibility index (Phi) is 5.73. The Balaban J connectivity index is 1.56. The van der Waals surface area contributed by atoms with E-state index in [0.717, 1.165) is 43.0 Å². The Bertz CT molecular complexity index is 848. The van der Waals surface area contributed by atoms with Crippen molar-refractivity contribution in [2.24, 2.45) is 0 Å². The van der Waals surface area contributed by atoms with E-state index >= 15 is 0 Å². The summed E-state index contributed by atoms with van der Waals surface area (Å²) in [6.45, 7) is 2.05. The first-order chi connectivity index (χ1) is 12.4. The molecule has 0 radical (unpaired) electrons. The number of sulfonamides is 1. The van der Waals surface area contributed by atoms with Crippen molar-refractivity contribution in [1.29, 1.82) is 0 Å².